The molecule has 0 aliphatic rings. The Morgan fingerprint density at radius 1 is 0.658 bits per heavy atom. The lowest BCUT2D eigenvalue weighted by Gasteiger charge is -2.12. The van der Waals surface area contributed by atoms with Crippen LogP contribution in [0.2, 0.25) is 0 Å². The Morgan fingerprint density at radius 3 is 1.89 bits per heavy atom. The van der Waals surface area contributed by atoms with E-state index in [2.05, 4.69) is 15.8 Å². The molecule has 3 aromatic rings. The van der Waals surface area contributed by atoms with Gasteiger partial charge in [0.2, 0.25) is 0 Å². The van der Waals surface area contributed by atoms with E-state index in [0.717, 1.165) is 0 Å². The Bertz CT molecular complexity index is 1350. The molecule has 0 heterocycles. The molecule has 0 saturated carbocycles. The van der Waals surface area contributed by atoms with Crippen LogP contribution in [0.4, 0.5) is 5.69 Å². The van der Waals surface area contributed by atoms with Gasteiger partial charge in [-0.2, -0.15) is 5.10 Å². The van der Waals surface area contributed by atoms with Crippen molar-refractivity contribution in [1.29, 1.82) is 0 Å². The molecule has 0 fully saturated rings. The highest BCUT2D eigenvalue weighted by molar-refractivity contribution is 6.39. The molecule has 11 heteroatoms. The van der Waals surface area contributed by atoms with Crippen LogP contribution in [0.25, 0.3) is 0 Å². The monoisotopic (exact) mass is 521 g/mol. The van der Waals surface area contributed by atoms with Crippen molar-refractivity contribution in [2.75, 3.05) is 33.8 Å². The second-order valence-electron chi connectivity index (χ2n) is 7.64. The van der Waals surface area contributed by atoms with Crippen LogP contribution in [0.3, 0.4) is 0 Å². The van der Waals surface area contributed by atoms with Gasteiger partial charge in [-0.05, 0) is 61.5 Å². The Balaban J connectivity index is 1.67. The van der Waals surface area contributed by atoms with Crippen molar-refractivity contribution in [3.8, 4) is 28.7 Å². The minimum Gasteiger partial charge on any atom is -0.497 e. The van der Waals surface area contributed by atoms with E-state index in [-0.39, 0.29) is 17.2 Å². The smallest absolute Gasteiger partial charge is 0.343 e. The van der Waals surface area contributed by atoms with E-state index in [4.69, 9.17) is 23.7 Å². The molecule has 3 rings (SSSR count). The highest BCUT2D eigenvalue weighted by Gasteiger charge is 2.17. The largest absolute Gasteiger partial charge is 0.497 e. The van der Waals surface area contributed by atoms with Gasteiger partial charge in [0.1, 0.15) is 17.2 Å². The first-order valence-electron chi connectivity index (χ1n) is 11.2. The Labute approximate surface area is 219 Å². The van der Waals surface area contributed by atoms with E-state index < -0.39 is 17.8 Å². The van der Waals surface area contributed by atoms with Gasteiger partial charge in [0.25, 0.3) is 0 Å². The number of carbonyl (C=O) groups excluding carboxylic acids is 3. The summed E-state index contributed by atoms with van der Waals surface area (Å²) in [6.45, 7) is 1.63. The highest BCUT2D eigenvalue weighted by atomic mass is 16.6. The van der Waals surface area contributed by atoms with Crippen molar-refractivity contribution in [2.45, 2.75) is 6.92 Å². The first-order valence-corrected chi connectivity index (χ1v) is 11.2. The third-order valence-electron chi connectivity index (χ3n) is 5.30. The summed E-state index contributed by atoms with van der Waals surface area (Å²) in [5.74, 6) is -0.613. The van der Waals surface area contributed by atoms with Crippen LogP contribution in [-0.4, -0.2) is 51.9 Å². The van der Waals surface area contributed by atoms with Crippen LogP contribution in [0.15, 0.2) is 65.8 Å². The molecule has 2 N–H and O–H groups in total. The van der Waals surface area contributed by atoms with Gasteiger partial charge in [0, 0.05) is 11.6 Å². The molecule has 0 aliphatic heterocycles. The average Bonchev–Trinajstić information content (AvgIpc) is 2.95. The van der Waals surface area contributed by atoms with Crippen molar-refractivity contribution in [1.82, 2.24) is 5.43 Å². The number of nitrogens with zero attached hydrogens (tertiary/aromatic N) is 1. The number of ether oxygens (including phenoxy) is 5. The summed E-state index contributed by atoms with van der Waals surface area (Å²) in [6, 6.07) is 16.0. The van der Waals surface area contributed by atoms with Crippen molar-refractivity contribution >= 4 is 29.2 Å². The van der Waals surface area contributed by atoms with E-state index in [9.17, 15) is 14.4 Å². The predicted molar refractivity (Wildman–Crippen MR) is 139 cm³/mol. The Morgan fingerprint density at radius 2 is 1.26 bits per heavy atom. The van der Waals surface area contributed by atoms with Gasteiger partial charge in [-0.15, -0.1) is 0 Å². The summed E-state index contributed by atoms with van der Waals surface area (Å²) >= 11 is 0. The molecule has 2 amide bonds. The second-order valence-corrected chi connectivity index (χ2v) is 7.64. The van der Waals surface area contributed by atoms with Gasteiger partial charge in [-0.3, -0.25) is 9.59 Å². The maximum Gasteiger partial charge on any atom is 0.343 e. The highest BCUT2D eigenvalue weighted by Crippen LogP contribution is 2.30. The fraction of sp³-hybridized carbons (Fsp3) is 0.185. The number of hydrogen-bond donors (Lipinski definition) is 2. The quantitative estimate of drug-likeness (QED) is 0.144. The molecule has 0 radical (unpaired) electrons. The van der Waals surface area contributed by atoms with Gasteiger partial charge in [-0.1, -0.05) is 0 Å². The molecule has 0 spiro atoms. The topological polar surface area (TPSA) is 134 Å². The second kappa shape index (κ2) is 12.8. The Kier molecular flexibility index (Phi) is 9.25. The molecular weight excluding hydrogens is 494 g/mol. The summed E-state index contributed by atoms with van der Waals surface area (Å²) in [5.41, 5.74) is 3.74. The summed E-state index contributed by atoms with van der Waals surface area (Å²) in [7, 11) is 5.87. The minimum absolute atomic E-state index is 0.195. The van der Waals surface area contributed by atoms with Crippen LogP contribution in [-0.2, 0) is 9.59 Å². The Hall–Kier alpha value is -5.06. The zero-order valence-electron chi connectivity index (χ0n) is 21.5. The first kappa shape index (κ1) is 27.5. The van der Waals surface area contributed by atoms with Crippen LogP contribution < -0.4 is 34.4 Å². The number of anilines is 1. The van der Waals surface area contributed by atoms with E-state index >= 15 is 0 Å². The number of amides is 2. The number of hydrazone groups is 1. The lowest BCUT2D eigenvalue weighted by molar-refractivity contribution is -0.136. The van der Waals surface area contributed by atoms with Crippen LogP contribution in [0.5, 0.6) is 28.7 Å². The average molecular weight is 522 g/mol. The summed E-state index contributed by atoms with van der Waals surface area (Å²) in [5, 5.41) is 6.45. The molecule has 38 heavy (non-hydrogen) atoms. The SMILES string of the molecule is COc1ccc(C(=O)Oc2ccc(C(C)=NNC(=O)C(=O)Nc3cc(OC)ccc3OC)cc2OC)cc1. The van der Waals surface area contributed by atoms with Crippen LogP contribution in [0, 0.1) is 0 Å². The number of rotatable bonds is 9. The van der Waals surface area contributed by atoms with E-state index in [1.54, 1.807) is 55.5 Å². The molecule has 11 nitrogen and oxygen atoms in total. The van der Waals surface area contributed by atoms with E-state index in [0.29, 0.717) is 34.1 Å². The maximum absolute atomic E-state index is 12.5. The molecule has 0 aliphatic carbocycles. The molecule has 0 saturated heterocycles. The molecule has 198 valence electrons. The predicted octanol–water partition coefficient (Wildman–Crippen LogP) is 3.42. The van der Waals surface area contributed by atoms with Crippen molar-refractivity contribution in [3.63, 3.8) is 0 Å². The number of hydrogen-bond acceptors (Lipinski definition) is 9. The number of benzene rings is 3. The molecule has 0 aromatic heterocycles. The van der Waals surface area contributed by atoms with Gasteiger partial charge in [-0.25, -0.2) is 10.2 Å². The molecule has 0 atom stereocenters. The zero-order valence-corrected chi connectivity index (χ0v) is 21.5. The number of carbonyl (C=O) groups is 3. The van der Waals surface area contributed by atoms with Gasteiger partial charge >= 0.3 is 17.8 Å². The summed E-state index contributed by atoms with van der Waals surface area (Å²) < 4.78 is 26.2. The molecule has 0 bridgehead atoms. The molecule has 3 aromatic carbocycles. The lowest BCUT2D eigenvalue weighted by atomic mass is 10.1. The molecular formula is C27H27N3O8. The first-order chi connectivity index (χ1) is 18.3. The minimum atomic E-state index is -0.994. The van der Waals surface area contributed by atoms with E-state index in [1.807, 2.05) is 0 Å². The third-order valence-corrected chi connectivity index (χ3v) is 5.30. The fourth-order valence-corrected chi connectivity index (χ4v) is 3.20. The number of methoxy groups -OCH3 is 4. The van der Waals surface area contributed by atoms with E-state index in [1.165, 1.54) is 40.6 Å². The normalized spacial score (nSPS) is 10.7. The lowest BCUT2D eigenvalue weighted by Crippen LogP contribution is -2.33. The number of nitrogens with one attached hydrogen (secondary N) is 2. The summed E-state index contributed by atoms with van der Waals surface area (Å²) in [4.78, 5) is 37.2. The van der Waals surface area contributed by atoms with Gasteiger partial charge in [0.15, 0.2) is 11.5 Å². The van der Waals surface area contributed by atoms with Crippen molar-refractivity contribution in [2.24, 2.45) is 5.10 Å². The fourth-order valence-electron chi connectivity index (χ4n) is 3.20. The molecule has 0 unspecified atom stereocenters. The number of esters is 1. The standard InChI is InChI=1S/C27H27N3O8/c1-16(29-30-26(32)25(31)28-21-15-20(35-3)11-13-22(21)36-4)18-8-12-23(24(14-18)37-5)38-27(33)17-6-9-19(34-2)10-7-17/h6-15H,1-5H3,(H,28,31)(H,30,32). The van der Waals surface area contributed by atoms with Crippen LogP contribution in [0.1, 0.15) is 22.8 Å². The zero-order chi connectivity index (χ0) is 27.7. The van der Waals surface area contributed by atoms with Crippen molar-refractivity contribution in [3.05, 3.63) is 71.8 Å². The summed E-state index contributed by atoms with van der Waals surface area (Å²) in [6.07, 6.45) is 0. The maximum atomic E-state index is 12.5. The van der Waals surface area contributed by atoms with Gasteiger partial charge in [0.05, 0.1) is 45.4 Å². The third kappa shape index (κ3) is 6.78. The van der Waals surface area contributed by atoms with Gasteiger partial charge < -0.3 is 29.0 Å². The van der Waals surface area contributed by atoms with Crippen LogP contribution >= 0.6 is 0 Å². The van der Waals surface area contributed by atoms with Crippen molar-refractivity contribution < 1.29 is 38.1 Å².